The molecule has 0 saturated carbocycles. The van der Waals surface area contributed by atoms with Crippen molar-refractivity contribution in [1.82, 2.24) is 0 Å². The minimum atomic E-state index is 1.03. The molecule has 0 fully saturated rings. The molecule has 0 aliphatic rings. The van der Waals surface area contributed by atoms with Crippen LogP contribution in [0.3, 0.4) is 0 Å². The van der Waals surface area contributed by atoms with Crippen LogP contribution < -0.4 is 0 Å². The molecule has 39 heavy (non-hydrogen) atoms. The van der Waals surface area contributed by atoms with Gasteiger partial charge in [-0.25, -0.2) is 0 Å². The molecule has 3 aromatic heterocycles. The molecule has 3 heteroatoms. The molecule has 0 aliphatic heterocycles. The van der Waals surface area contributed by atoms with Crippen LogP contribution in [0.4, 0.5) is 0 Å². The fraction of sp³-hybridized carbons (Fsp3) is 0. The lowest BCUT2D eigenvalue weighted by atomic mass is 9.89. The van der Waals surface area contributed by atoms with E-state index in [2.05, 4.69) is 54.6 Å². The molecule has 7 aromatic rings. The molecule has 0 radical (unpaired) electrons. The first-order valence-electron chi connectivity index (χ1n) is 12.9. The van der Waals surface area contributed by atoms with E-state index in [0.29, 0.717) is 0 Å². The Morgan fingerprint density at radius 3 is 0.744 bits per heavy atom. The van der Waals surface area contributed by atoms with Crippen LogP contribution in [0.1, 0.15) is 0 Å². The van der Waals surface area contributed by atoms with Crippen molar-refractivity contribution in [3.8, 4) is 66.8 Å². The Kier molecular flexibility index (Phi) is 5.80. The van der Waals surface area contributed by atoms with Crippen LogP contribution >= 0.6 is 0 Å². The molecule has 0 N–H and O–H groups in total. The summed E-state index contributed by atoms with van der Waals surface area (Å²) in [7, 11) is 0. The Morgan fingerprint density at radius 1 is 0.256 bits per heavy atom. The average Bonchev–Trinajstić information content (AvgIpc) is 3.79. The van der Waals surface area contributed by atoms with Crippen LogP contribution in [0.2, 0.25) is 0 Å². The summed E-state index contributed by atoms with van der Waals surface area (Å²) in [5, 5.41) is 0. The molecule has 7 rings (SSSR count). The summed E-state index contributed by atoms with van der Waals surface area (Å²) < 4.78 is 17.3. The maximum atomic E-state index is 5.76. The summed E-state index contributed by atoms with van der Waals surface area (Å²) in [6.07, 6.45) is 10.9. The third-order valence-electron chi connectivity index (χ3n) is 7.11. The molecule has 186 valence electrons. The number of hydrogen-bond acceptors (Lipinski definition) is 3. The van der Waals surface area contributed by atoms with E-state index in [0.717, 1.165) is 66.8 Å². The maximum Gasteiger partial charge on any atom is 0.0987 e. The van der Waals surface area contributed by atoms with E-state index in [1.54, 1.807) is 0 Å². The van der Waals surface area contributed by atoms with E-state index in [4.69, 9.17) is 13.3 Å². The SMILES string of the molecule is c1ccc(-c2cocc2-c2cc(-c3cocc3-c3ccccc3)cc(-c3cocc3-c3ccccc3)c2)cc1. The first kappa shape index (κ1) is 22.9. The molecule has 0 amide bonds. The van der Waals surface area contributed by atoms with Gasteiger partial charge in [-0.1, -0.05) is 91.0 Å². The summed E-state index contributed by atoms with van der Waals surface area (Å²) in [6, 6.07) is 37.6. The quantitative estimate of drug-likeness (QED) is 0.226. The Balaban J connectivity index is 1.44. The van der Waals surface area contributed by atoms with Crippen molar-refractivity contribution in [2.45, 2.75) is 0 Å². The predicted octanol–water partition coefficient (Wildman–Crippen LogP) is 10.5. The molecule has 0 spiro atoms. The summed E-state index contributed by atoms with van der Waals surface area (Å²) in [4.78, 5) is 0. The van der Waals surface area contributed by atoms with Gasteiger partial charge in [0.25, 0.3) is 0 Å². The van der Waals surface area contributed by atoms with Gasteiger partial charge < -0.3 is 13.3 Å². The minimum Gasteiger partial charge on any atom is -0.471 e. The number of furan rings is 3. The maximum absolute atomic E-state index is 5.76. The van der Waals surface area contributed by atoms with E-state index in [-0.39, 0.29) is 0 Å². The third kappa shape index (κ3) is 4.30. The lowest BCUT2D eigenvalue weighted by Crippen LogP contribution is -1.88. The van der Waals surface area contributed by atoms with Crippen molar-refractivity contribution in [3.05, 3.63) is 147 Å². The fourth-order valence-electron chi connectivity index (χ4n) is 5.18. The second-order valence-electron chi connectivity index (χ2n) is 9.49. The van der Waals surface area contributed by atoms with Crippen LogP contribution in [-0.2, 0) is 0 Å². The largest absolute Gasteiger partial charge is 0.471 e. The summed E-state index contributed by atoms with van der Waals surface area (Å²) in [6.45, 7) is 0. The van der Waals surface area contributed by atoms with Crippen LogP contribution in [0.15, 0.2) is 160 Å². The Bertz CT molecular complexity index is 1610. The van der Waals surface area contributed by atoms with Crippen molar-refractivity contribution < 1.29 is 13.3 Å². The molecular weight excluding hydrogens is 480 g/mol. The summed E-state index contributed by atoms with van der Waals surface area (Å²) >= 11 is 0. The van der Waals surface area contributed by atoms with Gasteiger partial charge >= 0.3 is 0 Å². The van der Waals surface area contributed by atoms with Gasteiger partial charge in [0.1, 0.15) is 0 Å². The van der Waals surface area contributed by atoms with Crippen molar-refractivity contribution in [3.63, 3.8) is 0 Å². The highest BCUT2D eigenvalue weighted by molar-refractivity contribution is 5.93. The van der Waals surface area contributed by atoms with Gasteiger partial charge in [-0.3, -0.25) is 0 Å². The van der Waals surface area contributed by atoms with Crippen LogP contribution in [0, 0.1) is 0 Å². The minimum absolute atomic E-state index is 1.03. The monoisotopic (exact) mass is 504 g/mol. The van der Waals surface area contributed by atoms with Crippen LogP contribution in [0.5, 0.6) is 0 Å². The van der Waals surface area contributed by atoms with Crippen molar-refractivity contribution in [2.75, 3.05) is 0 Å². The fourth-order valence-corrected chi connectivity index (χ4v) is 5.18. The summed E-state index contributed by atoms with van der Waals surface area (Å²) in [5.74, 6) is 0. The van der Waals surface area contributed by atoms with E-state index in [1.165, 1.54) is 0 Å². The van der Waals surface area contributed by atoms with Gasteiger partial charge in [-0.15, -0.1) is 0 Å². The Hall–Kier alpha value is -5.28. The number of hydrogen-bond donors (Lipinski definition) is 0. The van der Waals surface area contributed by atoms with Crippen molar-refractivity contribution in [2.24, 2.45) is 0 Å². The third-order valence-corrected chi connectivity index (χ3v) is 7.11. The van der Waals surface area contributed by atoms with Gasteiger partial charge in [0.05, 0.1) is 37.6 Å². The van der Waals surface area contributed by atoms with E-state index < -0.39 is 0 Å². The van der Waals surface area contributed by atoms with Crippen molar-refractivity contribution >= 4 is 0 Å². The zero-order valence-corrected chi connectivity index (χ0v) is 21.1. The lowest BCUT2D eigenvalue weighted by molar-refractivity contribution is 0.569. The van der Waals surface area contributed by atoms with Gasteiger partial charge in [0.2, 0.25) is 0 Å². The van der Waals surface area contributed by atoms with E-state index in [1.807, 2.05) is 92.2 Å². The number of benzene rings is 4. The van der Waals surface area contributed by atoms with E-state index in [9.17, 15) is 0 Å². The lowest BCUT2D eigenvalue weighted by Gasteiger charge is -2.12. The normalized spacial score (nSPS) is 11.1. The highest BCUT2D eigenvalue weighted by Gasteiger charge is 2.18. The van der Waals surface area contributed by atoms with Gasteiger partial charge in [-0.05, 0) is 51.6 Å². The Labute approximate surface area is 226 Å². The molecule has 0 atom stereocenters. The standard InChI is InChI=1S/C36H24O3/c1-4-10-25(11-5-1)31-19-37-22-34(31)28-16-29(35-23-38-20-32(35)26-12-6-2-7-13-26)18-30(17-28)36-24-39-21-33(36)27-14-8-3-9-15-27/h1-24H. The molecule has 0 aliphatic carbocycles. The zero-order chi connectivity index (χ0) is 26.0. The van der Waals surface area contributed by atoms with Crippen LogP contribution in [0.25, 0.3) is 66.8 Å². The second kappa shape index (κ2) is 9.88. The topological polar surface area (TPSA) is 39.4 Å². The van der Waals surface area contributed by atoms with Gasteiger partial charge in [0, 0.05) is 33.4 Å². The van der Waals surface area contributed by atoms with Gasteiger partial charge in [-0.2, -0.15) is 0 Å². The van der Waals surface area contributed by atoms with Gasteiger partial charge in [0.15, 0.2) is 0 Å². The number of rotatable bonds is 6. The second-order valence-corrected chi connectivity index (χ2v) is 9.49. The highest BCUT2D eigenvalue weighted by atomic mass is 16.3. The molecular formula is C36H24O3. The smallest absolute Gasteiger partial charge is 0.0987 e. The first-order valence-corrected chi connectivity index (χ1v) is 12.9. The molecule has 4 aromatic carbocycles. The Morgan fingerprint density at radius 2 is 0.487 bits per heavy atom. The van der Waals surface area contributed by atoms with E-state index >= 15 is 0 Å². The zero-order valence-electron chi connectivity index (χ0n) is 21.1. The highest BCUT2D eigenvalue weighted by Crippen LogP contribution is 2.42. The van der Waals surface area contributed by atoms with Crippen molar-refractivity contribution in [1.29, 1.82) is 0 Å². The molecule has 3 nitrogen and oxygen atoms in total. The average molecular weight is 505 g/mol. The summed E-state index contributed by atoms with van der Waals surface area (Å²) in [5.41, 5.74) is 12.7. The molecule has 0 bridgehead atoms. The predicted molar refractivity (Wildman–Crippen MR) is 156 cm³/mol. The molecule has 0 saturated heterocycles. The molecule has 0 unspecified atom stereocenters. The first-order chi connectivity index (χ1) is 19.3. The molecule has 3 heterocycles. The van der Waals surface area contributed by atoms with Crippen LogP contribution in [-0.4, -0.2) is 0 Å².